The summed E-state index contributed by atoms with van der Waals surface area (Å²) >= 11 is 1.86. The lowest BCUT2D eigenvalue weighted by molar-refractivity contribution is 0.269. The number of nitrogens with zero attached hydrogens (tertiary/aromatic N) is 3. The van der Waals surface area contributed by atoms with E-state index in [9.17, 15) is 0 Å². The summed E-state index contributed by atoms with van der Waals surface area (Å²) in [6.07, 6.45) is 6.36. The molecule has 2 aliphatic rings. The summed E-state index contributed by atoms with van der Waals surface area (Å²) in [5, 5.41) is 7.05. The Kier molecular flexibility index (Phi) is 7.53. The second-order valence-electron chi connectivity index (χ2n) is 15.8. The van der Waals surface area contributed by atoms with E-state index in [4.69, 9.17) is 24.1 Å². The van der Waals surface area contributed by atoms with Crippen molar-refractivity contribution in [3.8, 4) is 50.8 Å². The van der Waals surface area contributed by atoms with Crippen molar-refractivity contribution in [3.05, 3.63) is 199 Å². The van der Waals surface area contributed by atoms with Gasteiger partial charge in [0.15, 0.2) is 17.5 Å². The number of allylic oxidation sites excluding steroid dienone is 2. The molecule has 4 heterocycles. The summed E-state index contributed by atoms with van der Waals surface area (Å²) < 4.78 is 15.7. The molecule has 1 aliphatic heterocycles. The number of hydrogen-bond acceptors (Lipinski definition) is 6. The molecule has 0 fully saturated rings. The minimum absolute atomic E-state index is 0.138. The first-order valence-corrected chi connectivity index (χ1v) is 21.4. The molecule has 0 amide bonds. The molecule has 61 heavy (non-hydrogen) atoms. The number of para-hydroxylation sites is 1. The first kappa shape index (κ1) is 34.2. The van der Waals surface area contributed by atoms with E-state index >= 15 is 0 Å². The predicted octanol–water partition coefficient (Wildman–Crippen LogP) is 14.5. The van der Waals surface area contributed by atoms with E-state index in [0.29, 0.717) is 17.5 Å². The van der Waals surface area contributed by atoms with Gasteiger partial charge < -0.3 is 9.15 Å². The van der Waals surface area contributed by atoms with E-state index in [0.717, 1.165) is 61.1 Å². The van der Waals surface area contributed by atoms with Crippen LogP contribution in [0.1, 0.15) is 17.3 Å². The van der Waals surface area contributed by atoms with Crippen molar-refractivity contribution in [2.75, 3.05) is 0 Å². The van der Waals surface area contributed by atoms with Crippen LogP contribution in [0.4, 0.5) is 0 Å². The van der Waals surface area contributed by atoms with Crippen LogP contribution in [0.3, 0.4) is 0 Å². The second-order valence-corrected chi connectivity index (χ2v) is 16.8. The van der Waals surface area contributed by atoms with Crippen LogP contribution in [0.15, 0.2) is 193 Å². The molecule has 2 unspecified atom stereocenters. The van der Waals surface area contributed by atoms with E-state index in [1.807, 2.05) is 41.7 Å². The highest BCUT2D eigenvalue weighted by Gasteiger charge is 2.34. The molecule has 0 saturated carbocycles. The molecule has 8 aromatic carbocycles. The van der Waals surface area contributed by atoms with Gasteiger partial charge in [0, 0.05) is 59.1 Å². The maximum absolute atomic E-state index is 6.70. The molecule has 0 bridgehead atoms. The Hall–Kier alpha value is -7.67. The van der Waals surface area contributed by atoms with Crippen molar-refractivity contribution in [1.82, 2.24) is 15.0 Å². The van der Waals surface area contributed by atoms with E-state index < -0.39 is 0 Å². The van der Waals surface area contributed by atoms with Crippen LogP contribution in [0.5, 0.6) is 5.75 Å². The fourth-order valence-corrected chi connectivity index (χ4v) is 10.7. The fourth-order valence-electron chi connectivity index (χ4n) is 9.45. The predicted molar refractivity (Wildman–Crippen MR) is 250 cm³/mol. The van der Waals surface area contributed by atoms with Crippen LogP contribution >= 0.6 is 11.3 Å². The molecule has 1 aliphatic carbocycles. The Bertz CT molecular complexity index is 3640. The molecule has 0 radical (unpaired) electrons. The van der Waals surface area contributed by atoms with E-state index in [2.05, 4.69) is 158 Å². The van der Waals surface area contributed by atoms with Gasteiger partial charge in [-0.25, -0.2) is 15.0 Å². The average Bonchev–Trinajstić information content (AvgIpc) is 4.03. The van der Waals surface area contributed by atoms with Gasteiger partial charge in [0.2, 0.25) is 0 Å². The van der Waals surface area contributed by atoms with Gasteiger partial charge in [-0.15, -0.1) is 11.3 Å². The monoisotopic (exact) mass is 799 g/mol. The highest BCUT2D eigenvalue weighted by molar-refractivity contribution is 7.26. The van der Waals surface area contributed by atoms with Gasteiger partial charge in [-0.3, -0.25) is 0 Å². The lowest BCUT2D eigenvalue weighted by Gasteiger charge is -2.18. The third-order valence-corrected chi connectivity index (χ3v) is 13.5. The Morgan fingerprint density at radius 1 is 0.475 bits per heavy atom. The molecule has 0 spiro atoms. The molecule has 286 valence electrons. The zero-order chi connectivity index (χ0) is 40.0. The van der Waals surface area contributed by atoms with Gasteiger partial charge in [-0.1, -0.05) is 158 Å². The number of ether oxygens (including phenoxy) is 1. The van der Waals surface area contributed by atoms with Gasteiger partial charge >= 0.3 is 0 Å². The quantitative estimate of drug-likeness (QED) is 0.173. The molecule has 2 atom stereocenters. The summed E-state index contributed by atoms with van der Waals surface area (Å²) in [5.41, 5.74) is 10.0. The van der Waals surface area contributed by atoms with E-state index in [1.54, 1.807) is 0 Å². The Morgan fingerprint density at radius 2 is 1.15 bits per heavy atom. The zero-order valence-electron chi connectivity index (χ0n) is 32.6. The second kappa shape index (κ2) is 13.4. The Balaban J connectivity index is 1.02. The Morgan fingerprint density at radius 3 is 2.02 bits per heavy atom. The molecule has 0 N–H and O–H groups in total. The average molecular weight is 800 g/mol. The number of aromatic nitrogens is 3. The van der Waals surface area contributed by atoms with Crippen LogP contribution < -0.4 is 4.74 Å². The first-order chi connectivity index (χ1) is 30.2. The number of rotatable bonds is 5. The minimum atomic E-state index is -0.149. The number of hydrogen-bond donors (Lipinski definition) is 0. The van der Waals surface area contributed by atoms with Gasteiger partial charge in [0.25, 0.3) is 0 Å². The normalized spacial score (nSPS) is 15.7. The maximum Gasteiger partial charge on any atom is 0.164 e. The molecular weight excluding hydrogens is 767 g/mol. The smallest absolute Gasteiger partial charge is 0.164 e. The number of benzene rings is 8. The Labute approximate surface area is 354 Å². The van der Waals surface area contributed by atoms with Crippen molar-refractivity contribution in [2.45, 2.75) is 12.0 Å². The summed E-state index contributed by atoms with van der Waals surface area (Å²) in [4.78, 5) is 15.7. The zero-order valence-corrected chi connectivity index (χ0v) is 33.4. The molecule has 6 heteroatoms. The molecule has 13 rings (SSSR count). The standard InChI is InChI=1S/C55H33N3O2S/c1-2-11-32(12-3-1)33-23-25-35(26-24-33)53-56-54(36-28-29-39-38-15-6-7-19-44(38)59-47(39)31-36)58-55(57-53)43-18-9-21-46-51(43)50-41(16-8-20-45(50)60-46)40-17-10-22-48-49(40)42-30-27-34-13-4-5-14-37(34)52(42)61-48/h1-31,39,47H. The highest BCUT2D eigenvalue weighted by Crippen LogP contribution is 2.48. The van der Waals surface area contributed by atoms with Crippen molar-refractivity contribution in [3.63, 3.8) is 0 Å². The topological polar surface area (TPSA) is 61.0 Å². The number of furan rings is 1. The first-order valence-electron chi connectivity index (χ1n) is 20.6. The van der Waals surface area contributed by atoms with Gasteiger partial charge in [0.1, 0.15) is 23.0 Å². The maximum atomic E-state index is 6.70. The molecular formula is C55H33N3O2S. The third-order valence-electron chi connectivity index (χ3n) is 12.3. The summed E-state index contributed by atoms with van der Waals surface area (Å²) in [5.74, 6) is 2.82. The van der Waals surface area contributed by atoms with Crippen molar-refractivity contribution < 1.29 is 9.15 Å². The summed E-state index contributed by atoms with van der Waals surface area (Å²) in [6, 6.07) is 59.6. The van der Waals surface area contributed by atoms with Crippen LogP contribution in [-0.4, -0.2) is 21.1 Å². The van der Waals surface area contributed by atoms with Crippen molar-refractivity contribution in [2.24, 2.45) is 0 Å². The summed E-state index contributed by atoms with van der Waals surface area (Å²) in [7, 11) is 0. The van der Waals surface area contributed by atoms with Gasteiger partial charge in [-0.2, -0.15) is 0 Å². The minimum Gasteiger partial charge on any atom is -0.485 e. The van der Waals surface area contributed by atoms with Crippen LogP contribution in [0.25, 0.3) is 103 Å². The van der Waals surface area contributed by atoms with Crippen LogP contribution in [0, 0.1) is 0 Å². The SMILES string of the molecule is C1=CC2c3ccccc3OC2C=C1c1nc(-c2ccc(-c3ccccc3)cc2)nc(-c2cccc3oc4cccc(-c5cccc6sc7c8ccccc8ccc7c56)c4c23)n1. The molecule has 11 aromatic rings. The largest absolute Gasteiger partial charge is 0.485 e. The van der Waals surface area contributed by atoms with Crippen molar-refractivity contribution in [1.29, 1.82) is 0 Å². The van der Waals surface area contributed by atoms with Crippen molar-refractivity contribution >= 4 is 69.8 Å². The van der Waals surface area contributed by atoms with Crippen LogP contribution in [0.2, 0.25) is 0 Å². The molecule has 3 aromatic heterocycles. The van der Waals surface area contributed by atoms with Crippen LogP contribution in [-0.2, 0) is 0 Å². The highest BCUT2D eigenvalue weighted by atomic mass is 32.1. The lowest BCUT2D eigenvalue weighted by Crippen LogP contribution is -2.18. The van der Waals surface area contributed by atoms with E-state index in [-0.39, 0.29) is 12.0 Å². The van der Waals surface area contributed by atoms with Gasteiger partial charge in [0.05, 0.1) is 0 Å². The number of fused-ring (bicyclic) bond motifs is 11. The summed E-state index contributed by atoms with van der Waals surface area (Å²) in [6.45, 7) is 0. The number of thiophene rings is 1. The van der Waals surface area contributed by atoms with E-state index in [1.165, 1.54) is 42.1 Å². The van der Waals surface area contributed by atoms with Gasteiger partial charge in [-0.05, 0) is 63.4 Å². The fraction of sp³-hybridized carbons (Fsp3) is 0.0364. The molecule has 0 saturated heterocycles. The molecule has 5 nitrogen and oxygen atoms in total. The lowest BCUT2D eigenvalue weighted by atomic mass is 9.89. The third kappa shape index (κ3) is 5.42.